The number of rotatable bonds is 7. The lowest BCUT2D eigenvalue weighted by molar-refractivity contribution is -0.161. The predicted molar refractivity (Wildman–Crippen MR) is 110 cm³/mol. The summed E-state index contributed by atoms with van der Waals surface area (Å²) in [6.45, 7) is 3.04. The molecule has 7 nitrogen and oxygen atoms in total. The Morgan fingerprint density at radius 1 is 1.10 bits per heavy atom. The first-order chi connectivity index (χ1) is 14.5. The fraction of sp³-hybridized carbons (Fsp3) is 0.391. The van der Waals surface area contributed by atoms with Gasteiger partial charge in [0.15, 0.2) is 0 Å². The molecule has 158 valence electrons. The molecule has 0 spiro atoms. The number of carbonyl (C=O) groups excluding carboxylic acids is 1. The average Bonchev–Trinajstić information content (AvgIpc) is 2.76. The van der Waals surface area contributed by atoms with Crippen molar-refractivity contribution >= 4 is 11.9 Å². The fourth-order valence-corrected chi connectivity index (χ4v) is 4.36. The number of phenols is 1. The van der Waals surface area contributed by atoms with Gasteiger partial charge in [-0.2, -0.15) is 0 Å². The maximum absolute atomic E-state index is 13.1. The number of carboxylic acid groups (broad SMARTS) is 1. The number of ether oxygens (including phenoxy) is 1. The highest BCUT2D eigenvalue weighted by Crippen LogP contribution is 2.31. The molecule has 0 radical (unpaired) electrons. The Morgan fingerprint density at radius 3 is 2.47 bits per heavy atom. The lowest BCUT2D eigenvalue weighted by Crippen LogP contribution is -2.52. The maximum Gasteiger partial charge on any atom is 0.339 e. The van der Waals surface area contributed by atoms with Crippen molar-refractivity contribution in [3.63, 3.8) is 0 Å². The second-order valence-electron chi connectivity index (χ2n) is 7.96. The van der Waals surface area contributed by atoms with Gasteiger partial charge >= 0.3 is 11.9 Å². The number of para-hydroxylation sites is 1. The standard InChI is InChI=1S/C23H26N2O5/c26-21-17(7-4-8-18(21)22(27)28)13-24-20(16-5-2-1-3-6-16)23(29)30-19-14-25-11-9-15(19)10-12-25/h1-8,15,19-20,24,26H,9-14H2,(H,27,28)/t19-,20?/m0/s1. The van der Waals surface area contributed by atoms with Crippen LogP contribution in [0.3, 0.4) is 0 Å². The summed E-state index contributed by atoms with van der Waals surface area (Å²) in [4.78, 5) is 26.7. The summed E-state index contributed by atoms with van der Waals surface area (Å²) in [6, 6.07) is 13.1. The molecule has 7 heteroatoms. The van der Waals surface area contributed by atoms with Crippen LogP contribution in [-0.2, 0) is 16.1 Å². The Labute approximate surface area is 175 Å². The van der Waals surface area contributed by atoms with Crippen molar-refractivity contribution in [2.75, 3.05) is 19.6 Å². The summed E-state index contributed by atoms with van der Waals surface area (Å²) in [5.74, 6) is -1.44. The molecule has 1 unspecified atom stereocenters. The molecule has 3 heterocycles. The maximum atomic E-state index is 13.1. The lowest BCUT2D eigenvalue weighted by Gasteiger charge is -2.44. The molecule has 2 bridgehead atoms. The van der Waals surface area contributed by atoms with Gasteiger partial charge in [-0.3, -0.25) is 10.2 Å². The third kappa shape index (κ3) is 4.32. The smallest absolute Gasteiger partial charge is 0.339 e. The van der Waals surface area contributed by atoms with Gasteiger partial charge in [0.1, 0.15) is 23.5 Å². The molecule has 3 aliphatic heterocycles. The number of benzene rings is 2. The van der Waals surface area contributed by atoms with E-state index in [1.807, 2.05) is 30.3 Å². The first-order valence-electron chi connectivity index (χ1n) is 10.3. The molecule has 30 heavy (non-hydrogen) atoms. The first-order valence-corrected chi connectivity index (χ1v) is 10.3. The van der Waals surface area contributed by atoms with Gasteiger partial charge in [-0.05, 0) is 43.5 Å². The second kappa shape index (κ2) is 8.85. The van der Waals surface area contributed by atoms with Gasteiger partial charge in [-0.25, -0.2) is 9.59 Å². The molecular formula is C23H26N2O5. The van der Waals surface area contributed by atoms with E-state index in [0.29, 0.717) is 11.5 Å². The fourth-order valence-electron chi connectivity index (χ4n) is 4.36. The monoisotopic (exact) mass is 410 g/mol. The zero-order valence-corrected chi connectivity index (χ0v) is 16.7. The second-order valence-corrected chi connectivity index (χ2v) is 7.96. The van der Waals surface area contributed by atoms with Crippen LogP contribution in [0.2, 0.25) is 0 Å². The van der Waals surface area contributed by atoms with E-state index in [0.717, 1.165) is 38.0 Å². The van der Waals surface area contributed by atoms with Crippen molar-refractivity contribution < 1.29 is 24.5 Å². The van der Waals surface area contributed by atoms with Crippen molar-refractivity contribution in [2.45, 2.75) is 31.5 Å². The molecule has 5 rings (SSSR count). The van der Waals surface area contributed by atoms with E-state index >= 15 is 0 Å². The molecule has 2 atom stereocenters. The Bertz CT molecular complexity index is 909. The van der Waals surface area contributed by atoms with Gasteiger partial charge in [-0.1, -0.05) is 42.5 Å². The molecule has 3 aliphatic rings. The highest BCUT2D eigenvalue weighted by molar-refractivity contribution is 5.91. The minimum atomic E-state index is -1.20. The Kier molecular flexibility index (Phi) is 6.01. The quantitative estimate of drug-likeness (QED) is 0.603. The number of carbonyl (C=O) groups is 2. The summed E-state index contributed by atoms with van der Waals surface area (Å²) in [7, 11) is 0. The van der Waals surface area contributed by atoms with Gasteiger partial charge in [0.25, 0.3) is 0 Å². The van der Waals surface area contributed by atoms with Crippen LogP contribution < -0.4 is 5.32 Å². The van der Waals surface area contributed by atoms with E-state index in [1.165, 1.54) is 6.07 Å². The third-order valence-corrected chi connectivity index (χ3v) is 6.08. The van der Waals surface area contributed by atoms with Gasteiger partial charge in [0, 0.05) is 18.7 Å². The van der Waals surface area contributed by atoms with Crippen LogP contribution in [0.1, 0.15) is 40.4 Å². The Morgan fingerprint density at radius 2 is 1.83 bits per heavy atom. The van der Waals surface area contributed by atoms with Crippen LogP contribution in [0.15, 0.2) is 48.5 Å². The zero-order chi connectivity index (χ0) is 21.1. The largest absolute Gasteiger partial charge is 0.507 e. The van der Waals surface area contributed by atoms with E-state index in [4.69, 9.17) is 4.74 Å². The van der Waals surface area contributed by atoms with Crippen LogP contribution in [0.5, 0.6) is 5.75 Å². The van der Waals surface area contributed by atoms with Gasteiger partial charge in [0.2, 0.25) is 0 Å². The number of carboxylic acids is 1. The van der Waals surface area contributed by atoms with Gasteiger partial charge < -0.3 is 14.9 Å². The Balaban J connectivity index is 1.50. The van der Waals surface area contributed by atoms with Crippen molar-refractivity contribution in [3.05, 3.63) is 65.2 Å². The summed E-state index contributed by atoms with van der Waals surface area (Å²) >= 11 is 0. The van der Waals surface area contributed by atoms with Crippen molar-refractivity contribution in [3.8, 4) is 5.75 Å². The normalized spacial score (nSPS) is 23.7. The number of hydrogen-bond donors (Lipinski definition) is 3. The van der Waals surface area contributed by atoms with Gasteiger partial charge in [-0.15, -0.1) is 0 Å². The van der Waals surface area contributed by atoms with Crippen LogP contribution in [-0.4, -0.2) is 52.8 Å². The topological polar surface area (TPSA) is 99.1 Å². The van der Waals surface area contributed by atoms with Crippen molar-refractivity contribution in [1.29, 1.82) is 0 Å². The third-order valence-electron chi connectivity index (χ3n) is 6.08. The number of piperidine rings is 3. The van der Waals surface area contributed by atoms with E-state index in [9.17, 15) is 19.8 Å². The van der Waals surface area contributed by atoms with Crippen LogP contribution >= 0.6 is 0 Å². The molecule has 0 aromatic heterocycles. The Hall–Kier alpha value is -2.90. The van der Waals surface area contributed by atoms with E-state index in [2.05, 4.69) is 10.2 Å². The molecule has 2 aromatic carbocycles. The molecule has 0 aliphatic carbocycles. The predicted octanol–water partition coefficient (Wildman–Crippen LogP) is 2.56. The molecule has 3 saturated heterocycles. The number of nitrogens with zero attached hydrogens (tertiary/aromatic N) is 1. The van der Waals surface area contributed by atoms with Crippen LogP contribution in [0.25, 0.3) is 0 Å². The van der Waals surface area contributed by atoms with Crippen molar-refractivity contribution in [2.24, 2.45) is 5.92 Å². The summed E-state index contributed by atoms with van der Waals surface area (Å²) in [5.41, 5.74) is 1.00. The van der Waals surface area contributed by atoms with E-state index in [-0.39, 0.29) is 29.9 Å². The highest BCUT2D eigenvalue weighted by Gasteiger charge is 2.37. The SMILES string of the molecule is O=C(O)c1cccc(CNC(C(=O)O[C@H]2CN3CCC2CC3)c2ccccc2)c1O. The molecule has 0 amide bonds. The molecule has 3 fully saturated rings. The van der Waals surface area contributed by atoms with Crippen LogP contribution in [0, 0.1) is 5.92 Å². The number of nitrogens with one attached hydrogen (secondary N) is 1. The van der Waals surface area contributed by atoms with E-state index < -0.39 is 12.0 Å². The number of aromatic carboxylic acids is 1. The van der Waals surface area contributed by atoms with Crippen molar-refractivity contribution in [1.82, 2.24) is 10.2 Å². The molecule has 2 aromatic rings. The number of aromatic hydroxyl groups is 1. The average molecular weight is 410 g/mol. The first kappa shape index (κ1) is 20.4. The minimum absolute atomic E-state index is 0.100. The summed E-state index contributed by atoms with van der Waals surface area (Å²) in [6.07, 6.45) is 2.01. The van der Waals surface area contributed by atoms with Gasteiger partial charge in [0.05, 0.1) is 0 Å². The number of esters is 1. The minimum Gasteiger partial charge on any atom is -0.507 e. The molecule has 0 saturated carbocycles. The van der Waals surface area contributed by atoms with E-state index in [1.54, 1.807) is 12.1 Å². The summed E-state index contributed by atoms with van der Waals surface area (Å²) < 4.78 is 5.92. The number of fused-ring (bicyclic) bond motifs is 3. The number of hydrogen-bond acceptors (Lipinski definition) is 6. The highest BCUT2D eigenvalue weighted by atomic mass is 16.5. The molecular weight excluding hydrogens is 384 g/mol. The van der Waals surface area contributed by atoms with Crippen LogP contribution in [0.4, 0.5) is 0 Å². The lowest BCUT2D eigenvalue weighted by atomic mass is 9.86. The molecule has 3 N–H and O–H groups in total. The zero-order valence-electron chi connectivity index (χ0n) is 16.7. The summed E-state index contributed by atoms with van der Waals surface area (Å²) in [5, 5.41) is 22.6.